The molecule has 0 atom stereocenters. The summed E-state index contributed by atoms with van der Waals surface area (Å²) in [5.41, 5.74) is 1.91. The quantitative estimate of drug-likeness (QED) is 0.736. The van der Waals surface area contributed by atoms with E-state index in [-0.39, 0.29) is 0 Å². The van der Waals surface area contributed by atoms with Gasteiger partial charge in [-0.25, -0.2) is 4.98 Å². The molecule has 0 bridgehead atoms. The van der Waals surface area contributed by atoms with Crippen LogP contribution in [0.1, 0.15) is 5.82 Å². The van der Waals surface area contributed by atoms with E-state index in [1.165, 1.54) is 0 Å². The van der Waals surface area contributed by atoms with Gasteiger partial charge in [0.05, 0.1) is 11.6 Å². The topological polar surface area (TPSA) is 17.8 Å². The molecule has 0 saturated carbocycles. The lowest BCUT2D eigenvalue weighted by Gasteiger charge is -1.95. The van der Waals surface area contributed by atoms with E-state index >= 15 is 0 Å². The van der Waals surface area contributed by atoms with Crippen molar-refractivity contribution in [3.05, 3.63) is 41.3 Å². The summed E-state index contributed by atoms with van der Waals surface area (Å²) in [7, 11) is 1.93. The van der Waals surface area contributed by atoms with Crippen molar-refractivity contribution < 1.29 is 0 Å². The molecule has 0 unspecified atom stereocenters. The van der Waals surface area contributed by atoms with Gasteiger partial charge in [-0.15, -0.1) is 11.6 Å². The molecule has 0 N–H and O–H groups in total. The smallest absolute Gasteiger partial charge is 0.124 e. The maximum atomic E-state index is 5.91. The number of benzene rings is 1. The first-order chi connectivity index (χ1) is 7.20. The van der Waals surface area contributed by atoms with Crippen molar-refractivity contribution in [1.82, 2.24) is 9.55 Å². The van der Waals surface area contributed by atoms with E-state index in [0.717, 1.165) is 17.1 Å². The van der Waals surface area contributed by atoms with Gasteiger partial charge in [0.2, 0.25) is 0 Å². The van der Waals surface area contributed by atoms with Crippen LogP contribution in [-0.4, -0.2) is 9.55 Å². The molecule has 1 aromatic heterocycles. The van der Waals surface area contributed by atoms with Crippen LogP contribution in [0, 0.1) is 0 Å². The molecule has 4 heteroatoms. The molecular weight excluding hydrogens is 231 g/mol. The molecule has 2 aromatic rings. The monoisotopic (exact) mass is 240 g/mol. The standard InChI is InChI=1S/C11H10Cl2N2/c1-15-7-10(14-11(15)6-12)8-3-2-4-9(13)5-8/h2-5,7H,6H2,1H3. The van der Waals surface area contributed by atoms with Crippen molar-refractivity contribution in [3.63, 3.8) is 0 Å². The average molecular weight is 241 g/mol. The number of aromatic nitrogens is 2. The van der Waals surface area contributed by atoms with Gasteiger partial charge >= 0.3 is 0 Å². The van der Waals surface area contributed by atoms with Crippen molar-refractivity contribution in [3.8, 4) is 11.3 Å². The van der Waals surface area contributed by atoms with Gasteiger partial charge < -0.3 is 4.57 Å². The van der Waals surface area contributed by atoms with Gasteiger partial charge in [-0.05, 0) is 12.1 Å². The molecule has 0 saturated heterocycles. The number of halogens is 2. The van der Waals surface area contributed by atoms with Crippen molar-refractivity contribution in [2.24, 2.45) is 7.05 Å². The Bertz CT molecular complexity index is 477. The van der Waals surface area contributed by atoms with Crippen LogP contribution in [-0.2, 0) is 12.9 Å². The van der Waals surface area contributed by atoms with Crippen molar-refractivity contribution in [1.29, 1.82) is 0 Å². The molecule has 0 spiro atoms. The van der Waals surface area contributed by atoms with Gasteiger partial charge in [0.25, 0.3) is 0 Å². The minimum atomic E-state index is 0.414. The van der Waals surface area contributed by atoms with E-state index in [4.69, 9.17) is 23.2 Å². The zero-order chi connectivity index (χ0) is 10.8. The molecule has 1 heterocycles. The highest BCUT2D eigenvalue weighted by atomic mass is 35.5. The predicted molar refractivity (Wildman–Crippen MR) is 63.2 cm³/mol. The third kappa shape index (κ3) is 2.16. The molecule has 0 aliphatic heterocycles. The van der Waals surface area contributed by atoms with Crippen LogP contribution < -0.4 is 0 Å². The summed E-state index contributed by atoms with van der Waals surface area (Å²) in [5, 5.41) is 0.713. The highest BCUT2D eigenvalue weighted by molar-refractivity contribution is 6.30. The number of hydrogen-bond donors (Lipinski definition) is 0. The average Bonchev–Trinajstić information content (AvgIpc) is 2.60. The molecule has 1 aromatic carbocycles. The van der Waals surface area contributed by atoms with E-state index in [0.29, 0.717) is 10.9 Å². The highest BCUT2D eigenvalue weighted by Crippen LogP contribution is 2.22. The lowest BCUT2D eigenvalue weighted by molar-refractivity contribution is 0.847. The minimum Gasteiger partial charge on any atom is -0.336 e. The van der Waals surface area contributed by atoms with Gasteiger partial charge in [-0.1, -0.05) is 23.7 Å². The third-order valence-electron chi connectivity index (χ3n) is 2.21. The molecule has 15 heavy (non-hydrogen) atoms. The second kappa shape index (κ2) is 4.25. The minimum absolute atomic E-state index is 0.414. The first-order valence-corrected chi connectivity index (χ1v) is 5.46. The Balaban J connectivity index is 2.45. The van der Waals surface area contributed by atoms with Gasteiger partial charge in [0.1, 0.15) is 5.82 Å². The zero-order valence-electron chi connectivity index (χ0n) is 8.24. The van der Waals surface area contributed by atoms with Gasteiger partial charge in [-0.2, -0.15) is 0 Å². The van der Waals surface area contributed by atoms with Gasteiger partial charge in [0.15, 0.2) is 0 Å². The van der Waals surface area contributed by atoms with Crippen LogP contribution in [0.4, 0.5) is 0 Å². The molecule has 2 rings (SSSR count). The van der Waals surface area contributed by atoms with E-state index in [1.54, 1.807) is 0 Å². The Labute approximate surface area is 98.5 Å². The predicted octanol–water partition coefficient (Wildman–Crippen LogP) is 3.48. The van der Waals surface area contributed by atoms with Crippen LogP contribution in [0.15, 0.2) is 30.5 Å². The largest absolute Gasteiger partial charge is 0.336 e. The van der Waals surface area contributed by atoms with E-state index in [2.05, 4.69) is 4.98 Å². The second-order valence-electron chi connectivity index (χ2n) is 3.30. The summed E-state index contributed by atoms with van der Waals surface area (Å²) in [4.78, 5) is 4.41. The fourth-order valence-corrected chi connectivity index (χ4v) is 1.85. The van der Waals surface area contributed by atoms with Crippen molar-refractivity contribution in [2.75, 3.05) is 0 Å². The third-order valence-corrected chi connectivity index (χ3v) is 2.69. The van der Waals surface area contributed by atoms with E-state index < -0.39 is 0 Å². The molecule has 0 aliphatic carbocycles. The van der Waals surface area contributed by atoms with E-state index in [9.17, 15) is 0 Å². The Morgan fingerprint density at radius 1 is 1.40 bits per heavy atom. The van der Waals surface area contributed by atoms with Crippen LogP contribution in [0.5, 0.6) is 0 Å². The molecule has 0 radical (unpaired) electrons. The number of aryl methyl sites for hydroxylation is 1. The van der Waals surface area contributed by atoms with E-state index in [1.807, 2.05) is 42.1 Å². The number of imidazole rings is 1. The second-order valence-corrected chi connectivity index (χ2v) is 4.00. The lowest BCUT2D eigenvalue weighted by Crippen LogP contribution is -1.91. The Morgan fingerprint density at radius 3 is 2.80 bits per heavy atom. The van der Waals surface area contributed by atoms with Crippen molar-refractivity contribution in [2.45, 2.75) is 5.88 Å². The van der Waals surface area contributed by atoms with Gasteiger partial charge in [0, 0.05) is 23.8 Å². The summed E-state index contributed by atoms with van der Waals surface area (Å²) in [6.07, 6.45) is 1.95. The maximum absolute atomic E-state index is 5.91. The van der Waals surface area contributed by atoms with Crippen LogP contribution in [0.25, 0.3) is 11.3 Å². The van der Waals surface area contributed by atoms with Crippen LogP contribution >= 0.6 is 23.2 Å². The summed E-state index contributed by atoms with van der Waals surface area (Å²) < 4.78 is 1.92. The molecule has 2 nitrogen and oxygen atoms in total. The Morgan fingerprint density at radius 2 is 2.20 bits per heavy atom. The number of rotatable bonds is 2. The normalized spacial score (nSPS) is 10.6. The highest BCUT2D eigenvalue weighted by Gasteiger charge is 2.06. The SMILES string of the molecule is Cn1cc(-c2cccc(Cl)c2)nc1CCl. The first-order valence-electron chi connectivity index (χ1n) is 4.55. The number of nitrogens with zero attached hydrogens (tertiary/aromatic N) is 2. The number of alkyl halides is 1. The summed E-state index contributed by atoms with van der Waals surface area (Å²) in [6.45, 7) is 0. The lowest BCUT2D eigenvalue weighted by atomic mass is 10.2. The fourth-order valence-electron chi connectivity index (χ4n) is 1.42. The molecule has 78 valence electrons. The van der Waals surface area contributed by atoms with Gasteiger partial charge in [-0.3, -0.25) is 0 Å². The molecular formula is C11H10Cl2N2. The molecule has 0 aliphatic rings. The van der Waals surface area contributed by atoms with Crippen molar-refractivity contribution >= 4 is 23.2 Å². The molecule has 0 amide bonds. The first kappa shape index (κ1) is 10.5. The molecule has 0 fully saturated rings. The summed E-state index contributed by atoms with van der Waals surface area (Å²) >= 11 is 11.7. The van der Waals surface area contributed by atoms with Crippen LogP contribution in [0.3, 0.4) is 0 Å². The van der Waals surface area contributed by atoms with Crippen LogP contribution in [0.2, 0.25) is 5.02 Å². The maximum Gasteiger partial charge on any atom is 0.124 e. The summed E-state index contributed by atoms with van der Waals surface area (Å²) in [6, 6.07) is 7.62. The zero-order valence-corrected chi connectivity index (χ0v) is 9.76. The number of hydrogen-bond acceptors (Lipinski definition) is 1. The Hall–Kier alpha value is -0.990. The Kier molecular flexibility index (Phi) is 2.98. The summed E-state index contributed by atoms with van der Waals surface area (Å²) in [5.74, 6) is 1.27. The fraction of sp³-hybridized carbons (Fsp3) is 0.182.